The van der Waals surface area contributed by atoms with Crippen molar-refractivity contribution < 1.29 is 9.59 Å². The van der Waals surface area contributed by atoms with Gasteiger partial charge < -0.3 is 10.2 Å². The lowest BCUT2D eigenvalue weighted by Gasteiger charge is -2.32. The molecule has 1 N–H and O–H groups in total. The maximum absolute atomic E-state index is 12.4. The van der Waals surface area contributed by atoms with Crippen molar-refractivity contribution >= 4 is 23.4 Å². The first-order chi connectivity index (χ1) is 11.6. The van der Waals surface area contributed by atoms with E-state index < -0.39 is 0 Å². The number of aromatic nitrogens is 2. The molecule has 124 valence electrons. The summed E-state index contributed by atoms with van der Waals surface area (Å²) in [6, 6.07) is 6.71. The molecule has 0 atom stereocenters. The van der Waals surface area contributed by atoms with Crippen LogP contribution in [0.5, 0.6) is 0 Å². The molecule has 1 fully saturated rings. The highest BCUT2D eigenvalue weighted by molar-refractivity contribution is 6.29. The number of carbonyl (C=O) groups is 2. The highest BCUT2D eigenvalue weighted by Gasteiger charge is 2.24. The zero-order valence-corrected chi connectivity index (χ0v) is 13.7. The normalized spacial score (nSPS) is 15.1. The van der Waals surface area contributed by atoms with Crippen LogP contribution in [-0.4, -0.2) is 45.8 Å². The van der Waals surface area contributed by atoms with Gasteiger partial charge in [0, 0.05) is 43.3 Å². The van der Waals surface area contributed by atoms with Gasteiger partial charge in [-0.2, -0.15) is 0 Å². The Morgan fingerprint density at radius 2 is 1.79 bits per heavy atom. The maximum Gasteiger partial charge on any atom is 0.253 e. The summed E-state index contributed by atoms with van der Waals surface area (Å²) < 4.78 is 0. The van der Waals surface area contributed by atoms with Gasteiger partial charge in [-0.25, -0.2) is 4.98 Å². The van der Waals surface area contributed by atoms with Gasteiger partial charge in [-0.15, -0.1) is 0 Å². The average molecular weight is 345 g/mol. The molecule has 0 radical (unpaired) electrons. The molecule has 0 bridgehead atoms. The van der Waals surface area contributed by atoms with Crippen molar-refractivity contribution in [2.24, 2.45) is 0 Å². The van der Waals surface area contributed by atoms with E-state index in [4.69, 9.17) is 11.6 Å². The number of piperidine rings is 1. The van der Waals surface area contributed by atoms with Crippen molar-refractivity contribution in [2.45, 2.75) is 18.9 Å². The van der Waals surface area contributed by atoms with Crippen molar-refractivity contribution in [1.29, 1.82) is 0 Å². The van der Waals surface area contributed by atoms with Gasteiger partial charge >= 0.3 is 0 Å². The van der Waals surface area contributed by atoms with Crippen LogP contribution in [0.25, 0.3) is 0 Å². The molecule has 3 heterocycles. The Hall–Kier alpha value is -2.47. The summed E-state index contributed by atoms with van der Waals surface area (Å²) in [6.45, 7) is 1.23. The summed E-state index contributed by atoms with van der Waals surface area (Å²) >= 11 is 5.72. The van der Waals surface area contributed by atoms with E-state index in [1.165, 1.54) is 6.20 Å². The van der Waals surface area contributed by atoms with Crippen LogP contribution in [0.2, 0.25) is 5.15 Å². The second kappa shape index (κ2) is 7.40. The Morgan fingerprint density at radius 3 is 2.42 bits per heavy atom. The van der Waals surface area contributed by atoms with Crippen molar-refractivity contribution in [3.63, 3.8) is 0 Å². The van der Waals surface area contributed by atoms with E-state index >= 15 is 0 Å². The number of nitrogens with zero attached hydrogens (tertiary/aromatic N) is 3. The summed E-state index contributed by atoms with van der Waals surface area (Å²) in [5, 5.41) is 3.34. The minimum atomic E-state index is -0.168. The third kappa shape index (κ3) is 3.89. The molecule has 0 aliphatic carbocycles. The molecule has 3 rings (SSSR count). The molecule has 0 spiro atoms. The predicted molar refractivity (Wildman–Crippen MR) is 89.9 cm³/mol. The Labute approximate surface area is 144 Å². The summed E-state index contributed by atoms with van der Waals surface area (Å²) in [5.74, 6) is -0.165. The number of rotatable bonds is 3. The lowest BCUT2D eigenvalue weighted by molar-refractivity contribution is 0.0698. The third-order valence-electron chi connectivity index (χ3n) is 4.03. The Morgan fingerprint density at radius 1 is 1.08 bits per heavy atom. The topological polar surface area (TPSA) is 75.2 Å². The Kier molecular flexibility index (Phi) is 5.05. The van der Waals surface area contributed by atoms with E-state index in [1.54, 1.807) is 36.7 Å². The van der Waals surface area contributed by atoms with E-state index in [9.17, 15) is 9.59 Å². The van der Waals surface area contributed by atoms with E-state index in [0.717, 1.165) is 12.8 Å². The van der Waals surface area contributed by atoms with Gasteiger partial charge in [0.1, 0.15) is 5.15 Å². The van der Waals surface area contributed by atoms with E-state index in [0.29, 0.717) is 29.4 Å². The number of hydrogen-bond acceptors (Lipinski definition) is 4. The minimum absolute atomic E-state index is 0.00378. The summed E-state index contributed by atoms with van der Waals surface area (Å²) in [7, 11) is 0. The molecule has 1 aliphatic rings. The second-order valence-electron chi connectivity index (χ2n) is 5.65. The minimum Gasteiger partial charge on any atom is -0.349 e. The van der Waals surface area contributed by atoms with Gasteiger partial charge in [0.25, 0.3) is 11.8 Å². The molecular weight excluding hydrogens is 328 g/mol. The average Bonchev–Trinajstić information content (AvgIpc) is 2.63. The monoisotopic (exact) mass is 344 g/mol. The molecule has 2 amide bonds. The van der Waals surface area contributed by atoms with Crippen LogP contribution < -0.4 is 5.32 Å². The van der Waals surface area contributed by atoms with Gasteiger partial charge in [-0.05, 0) is 37.1 Å². The lowest BCUT2D eigenvalue weighted by atomic mass is 10.0. The smallest absolute Gasteiger partial charge is 0.253 e. The number of carbonyl (C=O) groups excluding carboxylic acids is 2. The maximum atomic E-state index is 12.4. The standard InChI is InChI=1S/C17H17ClN4O2/c18-15-2-1-13(11-20-15)16(23)21-14-5-9-22(10-6-14)17(24)12-3-7-19-8-4-12/h1-4,7-8,11,14H,5-6,9-10H2,(H,21,23). The van der Waals surface area contributed by atoms with Crippen LogP contribution in [0.3, 0.4) is 0 Å². The van der Waals surface area contributed by atoms with Crippen LogP contribution in [0.15, 0.2) is 42.9 Å². The number of pyridine rings is 2. The van der Waals surface area contributed by atoms with Gasteiger partial charge in [0.05, 0.1) is 5.56 Å². The highest BCUT2D eigenvalue weighted by atomic mass is 35.5. The quantitative estimate of drug-likeness (QED) is 0.866. The fraction of sp³-hybridized carbons (Fsp3) is 0.294. The molecule has 2 aromatic heterocycles. The number of hydrogen-bond donors (Lipinski definition) is 1. The molecule has 6 nitrogen and oxygen atoms in total. The number of halogens is 1. The van der Waals surface area contributed by atoms with Crippen molar-refractivity contribution in [3.8, 4) is 0 Å². The van der Waals surface area contributed by atoms with Crippen molar-refractivity contribution in [1.82, 2.24) is 20.2 Å². The molecule has 2 aromatic rings. The largest absolute Gasteiger partial charge is 0.349 e. The van der Waals surface area contributed by atoms with Gasteiger partial charge in [-0.3, -0.25) is 14.6 Å². The zero-order chi connectivity index (χ0) is 16.9. The molecule has 1 saturated heterocycles. The van der Waals surface area contributed by atoms with E-state index in [2.05, 4.69) is 15.3 Å². The second-order valence-corrected chi connectivity index (χ2v) is 6.03. The fourth-order valence-electron chi connectivity index (χ4n) is 2.68. The van der Waals surface area contributed by atoms with Crippen LogP contribution >= 0.6 is 11.6 Å². The third-order valence-corrected chi connectivity index (χ3v) is 4.26. The zero-order valence-electron chi connectivity index (χ0n) is 13.0. The summed E-state index contributed by atoms with van der Waals surface area (Å²) in [5.41, 5.74) is 1.12. The lowest BCUT2D eigenvalue weighted by Crippen LogP contribution is -2.46. The van der Waals surface area contributed by atoms with Gasteiger partial charge in [0.2, 0.25) is 0 Å². The number of nitrogens with one attached hydrogen (secondary N) is 1. The molecule has 24 heavy (non-hydrogen) atoms. The number of likely N-dealkylation sites (tertiary alicyclic amines) is 1. The Balaban J connectivity index is 1.53. The summed E-state index contributed by atoms with van der Waals surface area (Å²) in [6.07, 6.45) is 6.13. The van der Waals surface area contributed by atoms with Crippen LogP contribution in [0, 0.1) is 0 Å². The summed E-state index contributed by atoms with van der Waals surface area (Å²) in [4.78, 5) is 34.2. The molecule has 0 saturated carbocycles. The Bertz CT molecular complexity index is 713. The van der Waals surface area contributed by atoms with Crippen molar-refractivity contribution in [3.05, 3.63) is 59.1 Å². The fourth-order valence-corrected chi connectivity index (χ4v) is 2.79. The van der Waals surface area contributed by atoms with Crippen LogP contribution in [0.4, 0.5) is 0 Å². The predicted octanol–water partition coefficient (Wildman–Crippen LogP) is 2.16. The van der Waals surface area contributed by atoms with E-state index in [-0.39, 0.29) is 17.9 Å². The molecule has 0 aromatic carbocycles. The molecular formula is C17H17ClN4O2. The first-order valence-electron chi connectivity index (χ1n) is 7.75. The van der Waals surface area contributed by atoms with Crippen LogP contribution in [-0.2, 0) is 0 Å². The molecule has 0 unspecified atom stereocenters. The highest BCUT2D eigenvalue weighted by Crippen LogP contribution is 2.14. The van der Waals surface area contributed by atoms with Gasteiger partial charge in [0.15, 0.2) is 0 Å². The SMILES string of the molecule is O=C(NC1CCN(C(=O)c2ccncc2)CC1)c1ccc(Cl)nc1. The van der Waals surface area contributed by atoms with E-state index in [1.807, 2.05) is 4.90 Å². The first kappa shape index (κ1) is 16.4. The molecule has 1 aliphatic heterocycles. The van der Waals surface area contributed by atoms with Gasteiger partial charge in [-0.1, -0.05) is 11.6 Å². The van der Waals surface area contributed by atoms with Crippen LogP contribution in [0.1, 0.15) is 33.6 Å². The first-order valence-corrected chi connectivity index (χ1v) is 8.13. The van der Waals surface area contributed by atoms with Crippen molar-refractivity contribution in [2.75, 3.05) is 13.1 Å². The number of amides is 2. The molecule has 7 heteroatoms.